The lowest BCUT2D eigenvalue weighted by atomic mass is 10.0. The van der Waals surface area contributed by atoms with E-state index in [1.54, 1.807) is 5.01 Å². The Morgan fingerprint density at radius 1 is 0.880 bits per heavy atom. The molecule has 0 aromatic heterocycles. The van der Waals surface area contributed by atoms with Gasteiger partial charge in [-0.15, -0.1) is 5.11 Å². The molecule has 0 saturated heterocycles. The average Bonchev–Trinajstić information content (AvgIpc) is 2.43. The lowest BCUT2D eigenvalue weighted by molar-refractivity contribution is 0.625. The second-order valence-electron chi connectivity index (χ2n) is 6.90. The third-order valence-electron chi connectivity index (χ3n) is 3.88. The van der Waals surface area contributed by atoms with Gasteiger partial charge in [-0.05, 0) is 76.8 Å². The number of halogens is 1. The van der Waals surface area contributed by atoms with Crippen molar-refractivity contribution in [2.45, 2.75) is 48.5 Å². The second kappa shape index (κ2) is 7.60. The fourth-order valence-electron chi connectivity index (χ4n) is 3.04. The Morgan fingerprint density at radius 2 is 1.40 bits per heavy atom. The molecule has 2 rings (SSSR count). The zero-order valence-electron chi connectivity index (χ0n) is 16.1. The highest BCUT2D eigenvalue weighted by Gasteiger charge is 2.12. The normalized spacial score (nSPS) is 11.0. The van der Waals surface area contributed by atoms with E-state index in [1.165, 1.54) is 11.6 Å². The van der Waals surface area contributed by atoms with Crippen LogP contribution in [0.1, 0.15) is 41.7 Å². The molecule has 0 spiro atoms. The smallest absolute Gasteiger partial charge is 0.151 e. The van der Waals surface area contributed by atoms with Crippen LogP contribution in [0.3, 0.4) is 0 Å². The third kappa shape index (κ3) is 4.53. The molecule has 0 atom stereocenters. The number of hydrogen-bond donors (Lipinski definition) is 0. The Labute approximate surface area is 149 Å². The van der Waals surface area contributed by atoms with E-state index in [0.29, 0.717) is 0 Å². The summed E-state index contributed by atoms with van der Waals surface area (Å²) in [4.78, 5) is 0. The van der Waals surface area contributed by atoms with E-state index in [0.717, 1.165) is 33.5 Å². The van der Waals surface area contributed by atoms with E-state index in [9.17, 15) is 4.39 Å². The first-order valence-electron chi connectivity index (χ1n) is 8.39. The van der Waals surface area contributed by atoms with E-state index < -0.39 is 0 Å². The van der Waals surface area contributed by atoms with Crippen LogP contribution in [0.15, 0.2) is 46.4 Å². The van der Waals surface area contributed by atoms with Gasteiger partial charge >= 0.3 is 0 Å². The average molecular weight is 339 g/mol. The topological polar surface area (TPSA) is 28.0 Å². The highest BCUT2D eigenvalue weighted by atomic mass is 19.1. The van der Waals surface area contributed by atoms with E-state index in [4.69, 9.17) is 0 Å². The molecule has 0 fully saturated rings. The molecule has 0 bridgehead atoms. The molecule has 0 heterocycles. The van der Waals surface area contributed by atoms with Gasteiger partial charge in [0.25, 0.3) is 0 Å². The maximum absolute atomic E-state index is 14.3. The second-order valence-corrected chi connectivity index (χ2v) is 6.90. The standard InChI is InChI=1S/C21H26FN3/c1-13(2)12-25(21-17(6)9-14(3)10-18(21)7)24-23-20-16(5)8-15(4)11-19(20)22/h8-12H,1-7H3. The number of rotatable bonds is 4. The first-order chi connectivity index (χ1) is 11.7. The van der Waals surface area contributed by atoms with Crippen LogP contribution in [0.5, 0.6) is 0 Å². The SMILES string of the molecule is CC(C)=CN(N=Nc1c(C)cc(C)cc1F)c1c(C)cc(C)cc1C. The Hall–Kier alpha value is -2.49. The highest BCUT2D eigenvalue weighted by molar-refractivity contribution is 5.61. The quantitative estimate of drug-likeness (QED) is 0.445. The van der Waals surface area contributed by atoms with Crippen molar-refractivity contribution in [3.05, 3.63) is 69.7 Å². The highest BCUT2D eigenvalue weighted by Crippen LogP contribution is 2.30. The Balaban J connectivity index is 2.53. The molecule has 0 amide bonds. The number of aryl methyl sites for hydroxylation is 5. The summed E-state index contributed by atoms with van der Waals surface area (Å²) >= 11 is 0. The molecule has 25 heavy (non-hydrogen) atoms. The van der Waals surface area contributed by atoms with Crippen molar-refractivity contribution < 1.29 is 4.39 Å². The van der Waals surface area contributed by atoms with Gasteiger partial charge in [-0.2, -0.15) is 0 Å². The van der Waals surface area contributed by atoms with Gasteiger partial charge in [0.2, 0.25) is 0 Å². The molecule has 0 unspecified atom stereocenters. The lowest BCUT2D eigenvalue weighted by Gasteiger charge is -2.20. The minimum atomic E-state index is -0.351. The number of allylic oxidation sites excluding steroid dienone is 1. The molecule has 4 heteroatoms. The van der Waals surface area contributed by atoms with Gasteiger partial charge in [-0.3, -0.25) is 0 Å². The van der Waals surface area contributed by atoms with E-state index in [2.05, 4.69) is 29.4 Å². The van der Waals surface area contributed by atoms with Crippen molar-refractivity contribution in [2.75, 3.05) is 5.01 Å². The van der Waals surface area contributed by atoms with Crippen molar-refractivity contribution in [3.63, 3.8) is 0 Å². The molecule has 2 aromatic rings. The van der Waals surface area contributed by atoms with Gasteiger partial charge in [-0.25, -0.2) is 9.40 Å². The minimum Gasteiger partial charge on any atom is -0.222 e. The Bertz CT molecular complexity index is 800. The first-order valence-corrected chi connectivity index (χ1v) is 8.39. The van der Waals surface area contributed by atoms with Gasteiger partial charge in [0, 0.05) is 6.20 Å². The van der Waals surface area contributed by atoms with Gasteiger partial charge < -0.3 is 0 Å². The summed E-state index contributed by atoms with van der Waals surface area (Å²) in [5.41, 5.74) is 7.40. The molecule has 0 aliphatic carbocycles. The van der Waals surface area contributed by atoms with E-state index >= 15 is 0 Å². The van der Waals surface area contributed by atoms with Crippen LogP contribution < -0.4 is 5.01 Å². The van der Waals surface area contributed by atoms with Crippen molar-refractivity contribution in [2.24, 2.45) is 10.3 Å². The van der Waals surface area contributed by atoms with E-state index in [-0.39, 0.29) is 11.5 Å². The van der Waals surface area contributed by atoms with Gasteiger partial charge in [0.15, 0.2) is 5.82 Å². The maximum atomic E-state index is 14.3. The van der Waals surface area contributed by atoms with Crippen LogP contribution >= 0.6 is 0 Å². The number of benzene rings is 2. The monoisotopic (exact) mass is 339 g/mol. The summed E-state index contributed by atoms with van der Waals surface area (Å²) in [5, 5.41) is 10.3. The minimum absolute atomic E-state index is 0.278. The van der Waals surface area contributed by atoms with Gasteiger partial charge in [0.05, 0.1) is 5.69 Å². The third-order valence-corrected chi connectivity index (χ3v) is 3.88. The summed E-state index contributed by atoms with van der Waals surface area (Å²) < 4.78 is 14.3. The van der Waals surface area contributed by atoms with Crippen LogP contribution in [0.4, 0.5) is 15.8 Å². The zero-order chi connectivity index (χ0) is 18.7. The fraction of sp³-hybridized carbons (Fsp3) is 0.333. The number of anilines is 1. The van der Waals surface area contributed by atoms with Crippen molar-refractivity contribution in [1.82, 2.24) is 0 Å². The largest absolute Gasteiger partial charge is 0.222 e. The fourth-order valence-corrected chi connectivity index (χ4v) is 3.04. The van der Waals surface area contributed by atoms with Crippen LogP contribution in [-0.4, -0.2) is 0 Å². The predicted octanol–water partition coefficient (Wildman–Crippen LogP) is 6.80. The molecule has 0 N–H and O–H groups in total. The molecule has 0 radical (unpaired) electrons. The lowest BCUT2D eigenvalue weighted by Crippen LogP contribution is -2.11. The van der Waals surface area contributed by atoms with E-state index in [1.807, 2.05) is 53.8 Å². The summed E-state index contributed by atoms with van der Waals surface area (Å²) in [6.07, 6.45) is 1.91. The van der Waals surface area contributed by atoms with Crippen LogP contribution in [0.2, 0.25) is 0 Å². The number of hydrogen-bond acceptors (Lipinski definition) is 2. The maximum Gasteiger partial charge on any atom is 0.151 e. The van der Waals surface area contributed by atoms with Crippen LogP contribution in [0.25, 0.3) is 0 Å². The molecule has 0 aliphatic rings. The summed E-state index contributed by atoms with van der Waals surface area (Å²) in [5.74, 6) is -0.351. The first kappa shape index (κ1) is 18.8. The van der Waals surface area contributed by atoms with Gasteiger partial charge in [0.1, 0.15) is 5.69 Å². The summed E-state index contributed by atoms with van der Waals surface area (Å²) in [6.45, 7) is 13.9. The van der Waals surface area contributed by atoms with Crippen molar-refractivity contribution >= 4 is 11.4 Å². The molecule has 0 saturated carbocycles. The summed E-state index contributed by atoms with van der Waals surface area (Å²) in [6, 6.07) is 7.61. The Morgan fingerprint density at radius 3 is 1.92 bits per heavy atom. The zero-order valence-corrected chi connectivity index (χ0v) is 16.1. The van der Waals surface area contributed by atoms with Crippen LogP contribution in [-0.2, 0) is 0 Å². The van der Waals surface area contributed by atoms with Gasteiger partial charge in [-0.1, -0.05) is 34.6 Å². The van der Waals surface area contributed by atoms with Crippen LogP contribution in [0, 0.1) is 40.4 Å². The molecular formula is C21H26FN3. The Kier molecular flexibility index (Phi) is 5.73. The van der Waals surface area contributed by atoms with Crippen molar-refractivity contribution in [3.8, 4) is 0 Å². The summed E-state index contributed by atoms with van der Waals surface area (Å²) in [7, 11) is 0. The predicted molar refractivity (Wildman–Crippen MR) is 103 cm³/mol. The van der Waals surface area contributed by atoms with Crippen molar-refractivity contribution in [1.29, 1.82) is 0 Å². The molecule has 0 aliphatic heterocycles. The number of nitrogens with zero attached hydrogens (tertiary/aromatic N) is 3. The molecule has 3 nitrogen and oxygen atoms in total. The molecular weight excluding hydrogens is 313 g/mol. The molecule has 132 valence electrons. The molecule has 2 aromatic carbocycles.